The molecule has 0 aliphatic rings. The van der Waals surface area contributed by atoms with Crippen LogP contribution in [0.15, 0.2) is 36.4 Å². The minimum absolute atomic E-state index is 0.127. The predicted molar refractivity (Wildman–Crippen MR) is 108 cm³/mol. The molecule has 7 nitrogen and oxygen atoms in total. The zero-order valence-corrected chi connectivity index (χ0v) is 17.0. The van der Waals surface area contributed by atoms with Crippen LogP contribution < -0.4 is 19.5 Å². The summed E-state index contributed by atoms with van der Waals surface area (Å²) >= 11 is 6.21. The van der Waals surface area contributed by atoms with Gasteiger partial charge in [0.2, 0.25) is 5.91 Å². The lowest BCUT2D eigenvalue weighted by Crippen LogP contribution is -2.35. The number of amides is 2. The molecule has 0 spiro atoms. The molecule has 2 amide bonds. The van der Waals surface area contributed by atoms with Crippen LogP contribution >= 0.6 is 11.6 Å². The van der Waals surface area contributed by atoms with E-state index in [-0.39, 0.29) is 23.4 Å². The molecule has 2 aromatic carbocycles. The summed E-state index contributed by atoms with van der Waals surface area (Å²) in [7, 11) is 4.57. The van der Waals surface area contributed by atoms with Gasteiger partial charge in [-0.3, -0.25) is 9.59 Å². The summed E-state index contributed by atoms with van der Waals surface area (Å²) in [5.41, 5.74) is 0.905. The SMILES string of the molecule is CCOc1c(Cl)cc(C(=O)N(C)CC(=O)Nc2ccc(OC)cc2)cc1OC. The zero-order chi connectivity index (χ0) is 20.7. The van der Waals surface area contributed by atoms with E-state index in [1.54, 1.807) is 31.4 Å². The van der Waals surface area contributed by atoms with Crippen LogP contribution in [-0.2, 0) is 4.79 Å². The molecule has 0 unspecified atom stereocenters. The van der Waals surface area contributed by atoms with Crippen LogP contribution in [0.25, 0.3) is 0 Å². The van der Waals surface area contributed by atoms with Gasteiger partial charge in [0.15, 0.2) is 11.5 Å². The Morgan fingerprint density at radius 1 is 1.11 bits per heavy atom. The molecule has 0 atom stereocenters. The minimum atomic E-state index is -0.367. The molecule has 0 saturated carbocycles. The molecule has 0 saturated heterocycles. The number of ether oxygens (including phenoxy) is 3. The molecule has 0 aliphatic carbocycles. The third-order valence-electron chi connectivity index (χ3n) is 3.87. The first kappa shape index (κ1) is 21.4. The Bertz CT molecular complexity index is 839. The summed E-state index contributed by atoms with van der Waals surface area (Å²) in [4.78, 5) is 26.2. The fraction of sp³-hybridized carbons (Fsp3) is 0.300. The summed E-state index contributed by atoms with van der Waals surface area (Å²) in [6.45, 7) is 2.11. The van der Waals surface area contributed by atoms with Crippen molar-refractivity contribution < 1.29 is 23.8 Å². The van der Waals surface area contributed by atoms with E-state index in [1.807, 2.05) is 6.92 Å². The van der Waals surface area contributed by atoms with Crippen molar-refractivity contribution in [1.29, 1.82) is 0 Å². The maximum Gasteiger partial charge on any atom is 0.254 e. The number of hydrogen-bond acceptors (Lipinski definition) is 5. The van der Waals surface area contributed by atoms with Gasteiger partial charge in [0.05, 0.1) is 32.4 Å². The van der Waals surface area contributed by atoms with Crippen LogP contribution in [0.2, 0.25) is 5.02 Å². The van der Waals surface area contributed by atoms with E-state index in [4.69, 9.17) is 25.8 Å². The number of rotatable bonds is 8. The topological polar surface area (TPSA) is 77.1 Å². The Balaban J connectivity index is 2.06. The van der Waals surface area contributed by atoms with Crippen LogP contribution in [0, 0.1) is 0 Å². The molecule has 2 aromatic rings. The summed E-state index contributed by atoms with van der Waals surface area (Å²) in [5.74, 6) is 0.724. The molecule has 28 heavy (non-hydrogen) atoms. The minimum Gasteiger partial charge on any atom is -0.497 e. The first-order valence-electron chi connectivity index (χ1n) is 8.59. The Labute approximate surface area is 169 Å². The van der Waals surface area contributed by atoms with Gasteiger partial charge in [-0.15, -0.1) is 0 Å². The normalized spacial score (nSPS) is 10.2. The molecular formula is C20H23ClN2O5. The molecule has 0 bridgehead atoms. The monoisotopic (exact) mass is 406 g/mol. The lowest BCUT2D eigenvalue weighted by atomic mass is 10.1. The van der Waals surface area contributed by atoms with E-state index in [2.05, 4.69) is 5.32 Å². The highest BCUT2D eigenvalue weighted by Crippen LogP contribution is 2.36. The Morgan fingerprint density at radius 3 is 2.36 bits per heavy atom. The van der Waals surface area contributed by atoms with E-state index in [0.29, 0.717) is 35.1 Å². The third kappa shape index (κ3) is 5.29. The van der Waals surface area contributed by atoms with Crippen LogP contribution in [0.5, 0.6) is 17.2 Å². The zero-order valence-electron chi connectivity index (χ0n) is 16.2. The van der Waals surface area contributed by atoms with Crippen molar-refractivity contribution in [3.8, 4) is 17.2 Å². The van der Waals surface area contributed by atoms with Gasteiger partial charge in [-0.2, -0.15) is 0 Å². The summed E-state index contributed by atoms with van der Waals surface area (Å²) in [6.07, 6.45) is 0. The standard InChI is InChI=1S/C20H23ClN2O5/c1-5-28-19-16(21)10-13(11-17(19)27-4)20(25)23(2)12-18(24)22-14-6-8-15(26-3)9-7-14/h6-11H,5,12H2,1-4H3,(H,22,24). The van der Waals surface area contributed by atoms with Crippen LogP contribution in [0.1, 0.15) is 17.3 Å². The van der Waals surface area contributed by atoms with Gasteiger partial charge in [0.1, 0.15) is 5.75 Å². The Morgan fingerprint density at radius 2 is 1.79 bits per heavy atom. The van der Waals surface area contributed by atoms with E-state index < -0.39 is 0 Å². The second-order valence-corrected chi connectivity index (χ2v) is 6.27. The number of benzene rings is 2. The summed E-state index contributed by atoms with van der Waals surface area (Å²) in [6, 6.07) is 9.94. The summed E-state index contributed by atoms with van der Waals surface area (Å²) in [5, 5.41) is 3.00. The molecule has 0 aromatic heterocycles. The number of nitrogens with zero attached hydrogens (tertiary/aromatic N) is 1. The van der Waals surface area contributed by atoms with Gasteiger partial charge in [-0.25, -0.2) is 0 Å². The molecular weight excluding hydrogens is 384 g/mol. The maximum absolute atomic E-state index is 12.7. The van der Waals surface area contributed by atoms with E-state index in [9.17, 15) is 9.59 Å². The van der Waals surface area contributed by atoms with E-state index in [0.717, 1.165) is 0 Å². The van der Waals surface area contributed by atoms with Gasteiger partial charge in [0.25, 0.3) is 5.91 Å². The van der Waals surface area contributed by atoms with Crippen LogP contribution in [0.4, 0.5) is 5.69 Å². The van der Waals surface area contributed by atoms with Crippen molar-refractivity contribution in [3.63, 3.8) is 0 Å². The Kier molecular flexibility index (Phi) is 7.52. The summed E-state index contributed by atoms with van der Waals surface area (Å²) < 4.78 is 15.8. The quantitative estimate of drug-likeness (QED) is 0.726. The number of likely N-dealkylation sites (N-methyl/N-ethyl adjacent to an activating group) is 1. The maximum atomic E-state index is 12.7. The molecule has 2 rings (SSSR count). The van der Waals surface area contributed by atoms with Crippen molar-refractivity contribution in [2.24, 2.45) is 0 Å². The number of carbonyl (C=O) groups excluding carboxylic acids is 2. The molecule has 8 heteroatoms. The van der Waals surface area contributed by atoms with Gasteiger partial charge >= 0.3 is 0 Å². The predicted octanol–water partition coefficient (Wildman–Crippen LogP) is 3.47. The average Bonchev–Trinajstić information content (AvgIpc) is 2.69. The number of methoxy groups -OCH3 is 2. The lowest BCUT2D eigenvalue weighted by Gasteiger charge is -2.18. The van der Waals surface area contributed by atoms with E-state index >= 15 is 0 Å². The molecule has 0 heterocycles. The van der Waals surface area contributed by atoms with Crippen molar-refractivity contribution in [2.75, 3.05) is 39.7 Å². The highest BCUT2D eigenvalue weighted by molar-refractivity contribution is 6.32. The van der Waals surface area contributed by atoms with Crippen molar-refractivity contribution >= 4 is 29.1 Å². The molecule has 1 N–H and O–H groups in total. The Hall–Kier alpha value is -2.93. The number of anilines is 1. The van der Waals surface area contributed by atoms with Crippen molar-refractivity contribution in [3.05, 3.63) is 47.0 Å². The smallest absolute Gasteiger partial charge is 0.254 e. The van der Waals surface area contributed by atoms with Gasteiger partial charge < -0.3 is 24.4 Å². The molecule has 0 radical (unpaired) electrons. The number of nitrogens with one attached hydrogen (secondary N) is 1. The third-order valence-corrected chi connectivity index (χ3v) is 4.15. The van der Waals surface area contributed by atoms with Crippen LogP contribution in [0.3, 0.4) is 0 Å². The molecule has 0 aliphatic heterocycles. The van der Waals surface area contributed by atoms with Gasteiger partial charge in [-0.05, 0) is 43.3 Å². The second kappa shape index (κ2) is 9.85. The van der Waals surface area contributed by atoms with Crippen LogP contribution in [-0.4, -0.2) is 51.1 Å². The number of carbonyl (C=O) groups is 2. The molecule has 0 fully saturated rings. The van der Waals surface area contributed by atoms with Crippen molar-refractivity contribution in [2.45, 2.75) is 6.92 Å². The van der Waals surface area contributed by atoms with Gasteiger partial charge in [-0.1, -0.05) is 11.6 Å². The second-order valence-electron chi connectivity index (χ2n) is 5.86. The van der Waals surface area contributed by atoms with Crippen molar-refractivity contribution in [1.82, 2.24) is 4.90 Å². The fourth-order valence-electron chi connectivity index (χ4n) is 2.51. The number of halogens is 1. The average molecular weight is 407 g/mol. The largest absolute Gasteiger partial charge is 0.497 e. The number of hydrogen-bond donors (Lipinski definition) is 1. The van der Waals surface area contributed by atoms with E-state index in [1.165, 1.54) is 31.2 Å². The van der Waals surface area contributed by atoms with Gasteiger partial charge in [0, 0.05) is 18.3 Å². The highest BCUT2D eigenvalue weighted by Gasteiger charge is 2.20. The lowest BCUT2D eigenvalue weighted by molar-refractivity contribution is -0.116. The first-order chi connectivity index (χ1) is 13.4. The highest BCUT2D eigenvalue weighted by atomic mass is 35.5. The molecule has 150 valence electrons. The fourth-order valence-corrected chi connectivity index (χ4v) is 2.78. The first-order valence-corrected chi connectivity index (χ1v) is 8.97.